The smallest absolute Gasteiger partial charge is 0.221 e. The molecule has 0 bridgehead atoms. The van der Waals surface area contributed by atoms with Gasteiger partial charge in [0.25, 0.3) is 0 Å². The second-order valence-corrected chi connectivity index (χ2v) is 5.74. The number of carbonyl (C=O) groups excluding carboxylic acids is 1. The molecule has 0 fully saturated rings. The van der Waals surface area contributed by atoms with Gasteiger partial charge in [0.2, 0.25) is 5.91 Å². The van der Waals surface area contributed by atoms with Gasteiger partial charge in [-0.1, -0.05) is 18.2 Å². The van der Waals surface area contributed by atoms with Crippen LogP contribution in [-0.2, 0) is 17.9 Å². The highest BCUT2D eigenvalue weighted by Gasteiger charge is 2.05. The van der Waals surface area contributed by atoms with Gasteiger partial charge in [0.15, 0.2) is 11.5 Å². The van der Waals surface area contributed by atoms with Crippen LogP contribution in [0, 0.1) is 0 Å². The zero-order valence-corrected chi connectivity index (χ0v) is 15.5. The first kappa shape index (κ1) is 19.6. The Hall–Kier alpha value is -2.73. The minimum Gasteiger partial charge on any atom is -0.497 e. The molecule has 0 aliphatic rings. The molecule has 0 saturated heterocycles. The van der Waals surface area contributed by atoms with Crippen molar-refractivity contribution in [1.82, 2.24) is 10.6 Å². The van der Waals surface area contributed by atoms with E-state index in [0.717, 1.165) is 16.9 Å². The lowest BCUT2D eigenvalue weighted by Gasteiger charge is -2.10. The summed E-state index contributed by atoms with van der Waals surface area (Å²) in [6.07, 6.45) is 0.420. The molecule has 2 rings (SSSR count). The lowest BCUT2D eigenvalue weighted by molar-refractivity contribution is -0.121. The molecule has 6 nitrogen and oxygen atoms in total. The van der Waals surface area contributed by atoms with Crippen LogP contribution in [0.1, 0.15) is 17.5 Å². The third-order valence-corrected chi connectivity index (χ3v) is 3.95. The summed E-state index contributed by atoms with van der Waals surface area (Å²) in [7, 11) is 4.86. The number of carbonyl (C=O) groups is 1. The standard InChI is InChI=1S/C20H26N2O4/c1-24-17-7-4-15(5-8-17)14-22-20(23)10-11-21-13-16-6-9-18(25-2)19(12-16)26-3/h4-9,12,21H,10-11,13-14H2,1-3H3,(H,22,23). The summed E-state index contributed by atoms with van der Waals surface area (Å²) in [6.45, 7) is 1.77. The molecule has 1 amide bonds. The van der Waals surface area contributed by atoms with Gasteiger partial charge in [0, 0.05) is 26.1 Å². The van der Waals surface area contributed by atoms with Gasteiger partial charge in [0.1, 0.15) is 5.75 Å². The van der Waals surface area contributed by atoms with Crippen molar-refractivity contribution in [2.75, 3.05) is 27.9 Å². The average molecular weight is 358 g/mol. The van der Waals surface area contributed by atoms with Gasteiger partial charge >= 0.3 is 0 Å². The summed E-state index contributed by atoms with van der Waals surface area (Å²) in [6, 6.07) is 13.4. The number of amides is 1. The fraction of sp³-hybridized carbons (Fsp3) is 0.350. The molecule has 26 heavy (non-hydrogen) atoms. The van der Waals surface area contributed by atoms with Crippen LogP contribution in [0.5, 0.6) is 17.2 Å². The summed E-state index contributed by atoms with van der Waals surface area (Å²) < 4.78 is 15.6. The van der Waals surface area contributed by atoms with Crippen LogP contribution >= 0.6 is 0 Å². The first-order chi connectivity index (χ1) is 12.7. The zero-order chi connectivity index (χ0) is 18.8. The van der Waals surface area contributed by atoms with Crippen molar-refractivity contribution in [2.45, 2.75) is 19.5 Å². The number of nitrogens with one attached hydrogen (secondary N) is 2. The Balaban J connectivity index is 1.68. The third kappa shape index (κ3) is 5.97. The van der Waals surface area contributed by atoms with E-state index in [-0.39, 0.29) is 5.91 Å². The highest BCUT2D eigenvalue weighted by Crippen LogP contribution is 2.27. The Labute approximate surface area is 154 Å². The molecule has 0 aliphatic carbocycles. The minimum absolute atomic E-state index is 0.0145. The zero-order valence-electron chi connectivity index (χ0n) is 15.5. The Morgan fingerprint density at radius 2 is 1.54 bits per heavy atom. The molecule has 0 spiro atoms. The molecule has 0 saturated carbocycles. The van der Waals surface area contributed by atoms with Crippen molar-refractivity contribution in [3.8, 4) is 17.2 Å². The van der Waals surface area contributed by atoms with Gasteiger partial charge in [-0.05, 0) is 35.4 Å². The molecular formula is C20H26N2O4. The molecule has 0 aromatic heterocycles. The molecule has 6 heteroatoms. The van der Waals surface area contributed by atoms with Gasteiger partial charge in [0.05, 0.1) is 21.3 Å². The first-order valence-corrected chi connectivity index (χ1v) is 8.47. The first-order valence-electron chi connectivity index (χ1n) is 8.47. The van der Waals surface area contributed by atoms with Crippen molar-refractivity contribution in [3.05, 3.63) is 53.6 Å². The quantitative estimate of drug-likeness (QED) is 0.639. The van der Waals surface area contributed by atoms with E-state index in [1.165, 1.54) is 0 Å². The van der Waals surface area contributed by atoms with E-state index in [9.17, 15) is 4.79 Å². The monoisotopic (exact) mass is 358 g/mol. The van der Waals surface area contributed by atoms with E-state index in [1.807, 2.05) is 42.5 Å². The molecule has 140 valence electrons. The summed E-state index contributed by atoms with van der Waals surface area (Å²) in [5.41, 5.74) is 2.11. The number of hydrogen-bond donors (Lipinski definition) is 2. The Morgan fingerprint density at radius 3 is 2.19 bits per heavy atom. The van der Waals surface area contributed by atoms with Gasteiger partial charge in [-0.15, -0.1) is 0 Å². The third-order valence-electron chi connectivity index (χ3n) is 3.95. The van der Waals surface area contributed by atoms with Crippen LogP contribution in [-0.4, -0.2) is 33.8 Å². The van der Waals surface area contributed by atoms with E-state index >= 15 is 0 Å². The van der Waals surface area contributed by atoms with Crippen molar-refractivity contribution in [1.29, 1.82) is 0 Å². The van der Waals surface area contributed by atoms with Crippen LogP contribution in [0.2, 0.25) is 0 Å². The number of rotatable bonds is 10. The Bertz CT molecular complexity index is 701. The summed E-state index contributed by atoms with van der Waals surface area (Å²) >= 11 is 0. The van der Waals surface area contributed by atoms with Crippen LogP contribution in [0.3, 0.4) is 0 Å². The van der Waals surface area contributed by atoms with Gasteiger partial charge in [-0.25, -0.2) is 0 Å². The lowest BCUT2D eigenvalue weighted by atomic mass is 10.2. The second kappa shape index (κ2) is 10.3. The predicted molar refractivity (Wildman–Crippen MR) is 101 cm³/mol. The number of hydrogen-bond acceptors (Lipinski definition) is 5. The highest BCUT2D eigenvalue weighted by atomic mass is 16.5. The van der Waals surface area contributed by atoms with Crippen molar-refractivity contribution in [3.63, 3.8) is 0 Å². The highest BCUT2D eigenvalue weighted by molar-refractivity contribution is 5.76. The van der Waals surface area contributed by atoms with E-state index in [0.29, 0.717) is 37.6 Å². The lowest BCUT2D eigenvalue weighted by Crippen LogP contribution is -2.27. The normalized spacial score (nSPS) is 10.3. The number of benzene rings is 2. The maximum Gasteiger partial charge on any atom is 0.221 e. The average Bonchev–Trinajstić information content (AvgIpc) is 2.69. The predicted octanol–water partition coefficient (Wildman–Crippen LogP) is 2.51. The number of methoxy groups -OCH3 is 3. The number of ether oxygens (including phenoxy) is 3. The second-order valence-electron chi connectivity index (χ2n) is 5.74. The Kier molecular flexibility index (Phi) is 7.76. The topological polar surface area (TPSA) is 68.8 Å². The van der Waals surface area contributed by atoms with E-state index in [1.54, 1.807) is 21.3 Å². The van der Waals surface area contributed by atoms with E-state index in [2.05, 4.69) is 10.6 Å². The van der Waals surface area contributed by atoms with Crippen LogP contribution in [0.25, 0.3) is 0 Å². The molecule has 0 heterocycles. The SMILES string of the molecule is COc1ccc(CNC(=O)CCNCc2ccc(OC)c(OC)c2)cc1. The summed E-state index contributed by atoms with van der Waals surface area (Å²) in [5, 5.41) is 6.17. The fourth-order valence-electron chi connectivity index (χ4n) is 2.46. The molecule has 2 aromatic carbocycles. The van der Waals surface area contributed by atoms with E-state index in [4.69, 9.17) is 14.2 Å². The molecule has 0 aliphatic heterocycles. The van der Waals surface area contributed by atoms with Crippen LogP contribution < -0.4 is 24.8 Å². The summed E-state index contributed by atoms with van der Waals surface area (Å²) in [4.78, 5) is 11.9. The van der Waals surface area contributed by atoms with Crippen molar-refractivity contribution >= 4 is 5.91 Å². The van der Waals surface area contributed by atoms with Gasteiger partial charge in [-0.2, -0.15) is 0 Å². The Morgan fingerprint density at radius 1 is 0.846 bits per heavy atom. The molecule has 2 aromatic rings. The summed E-state index contributed by atoms with van der Waals surface area (Å²) in [5.74, 6) is 2.22. The van der Waals surface area contributed by atoms with Crippen LogP contribution in [0.4, 0.5) is 0 Å². The molecule has 0 radical (unpaired) electrons. The van der Waals surface area contributed by atoms with Crippen molar-refractivity contribution < 1.29 is 19.0 Å². The maximum absolute atomic E-state index is 11.9. The minimum atomic E-state index is 0.0145. The largest absolute Gasteiger partial charge is 0.497 e. The molecule has 2 N–H and O–H groups in total. The molecule has 0 unspecified atom stereocenters. The fourth-order valence-corrected chi connectivity index (χ4v) is 2.46. The molecular weight excluding hydrogens is 332 g/mol. The van der Waals surface area contributed by atoms with Gasteiger partial charge in [-0.3, -0.25) is 4.79 Å². The maximum atomic E-state index is 11.9. The van der Waals surface area contributed by atoms with Crippen molar-refractivity contribution in [2.24, 2.45) is 0 Å². The van der Waals surface area contributed by atoms with Gasteiger partial charge < -0.3 is 24.8 Å². The van der Waals surface area contributed by atoms with E-state index < -0.39 is 0 Å². The molecule has 0 atom stereocenters. The van der Waals surface area contributed by atoms with Crippen LogP contribution in [0.15, 0.2) is 42.5 Å².